The lowest BCUT2D eigenvalue weighted by atomic mass is 9.72. The van der Waals surface area contributed by atoms with Gasteiger partial charge in [0, 0.05) is 4.88 Å². The van der Waals surface area contributed by atoms with Crippen LogP contribution in [0.25, 0.3) is 0 Å². The van der Waals surface area contributed by atoms with E-state index in [1.54, 1.807) is 6.07 Å². The van der Waals surface area contributed by atoms with Gasteiger partial charge in [0.1, 0.15) is 11.1 Å². The fraction of sp³-hybridized carbons (Fsp3) is 0.700. The first-order valence-electron chi connectivity index (χ1n) is 10.0. The molecule has 0 spiro atoms. The SMILES string of the molecule is CC(C)(C)C1CCc2c(sc(NC(=O)C(F)(F)C(F)(F)C(F)(F)C(F)(F)C(F)(F)C(F)F)c2C#N)C1. The number of alkyl halides is 12. The monoisotopic (exact) mass is 562 g/mol. The Bertz CT molecular complexity index is 1050. The number of rotatable bonds is 7. The lowest BCUT2D eigenvalue weighted by molar-refractivity contribution is -0.406. The average Bonchev–Trinajstić information content (AvgIpc) is 3.08. The quantitative estimate of drug-likeness (QED) is 0.359. The highest BCUT2D eigenvalue weighted by Gasteiger charge is 2.89. The summed E-state index contributed by atoms with van der Waals surface area (Å²) >= 11 is 0.495. The molecule has 1 aromatic heterocycles. The predicted octanol–water partition coefficient (Wildman–Crippen LogP) is 7.15. The fourth-order valence-corrected chi connectivity index (χ4v) is 4.87. The Hall–Kier alpha value is -2.18. The second kappa shape index (κ2) is 8.98. The molecular formula is C20H18F12N2OS. The molecule has 204 valence electrons. The molecule has 1 N–H and O–H groups in total. The highest BCUT2D eigenvalue weighted by molar-refractivity contribution is 7.16. The summed E-state index contributed by atoms with van der Waals surface area (Å²) in [5, 5.41) is 9.68. The molecular weight excluding hydrogens is 544 g/mol. The van der Waals surface area contributed by atoms with Gasteiger partial charge in [-0.3, -0.25) is 4.79 Å². The first-order valence-corrected chi connectivity index (χ1v) is 10.8. The number of carbonyl (C=O) groups is 1. The molecule has 0 bridgehead atoms. The largest absolute Gasteiger partial charge is 0.393 e. The van der Waals surface area contributed by atoms with Crippen molar-refractivity contribution in [3.05, 3.63) is 16.0 Å². The number of thiophene rings is 1. The Labute approximate surface area is 200 Å². The van der Waals surface area contributed by atoms with Gasteiger partial charge >= 0.3 is 41.9 Å². The van der Waals surface area contributed by atoms with E-state index in [2.05, 4.69) is 0 Å². The Kier molecular flexibility index (Phi) is 7.50. The maximum Gasteiger partial charge on any atom is 0.393 e. The van der Waals surface area contributed by atoms with Crippen molar-refractivity contribution in [1.82, 2.24) is 0 Å². The van der Waals surface area contributed by atoms with Crippen molar-refractivity contribution in [1.29, 1.82) is 5.26 Å². The normalized spacial score (nSPS) is 18.1. The molecule has 0 saturated carbocycles. The van der Waals surface area contributed by atoms with Crippen molar-refractivity contribution in [2.24, 2.45) is 11.3 Å². The van der Waals surface area contributed by atoms with Gasteiger partial charge in [-0.1, -0.05) is 20.8 Å². The molecule has 2 rings (SSSR count). The Morgan fingerprint density at radius 3 is 1.94 bits per heavy atom. The predicted molar refractivity (Wildman–Crippen MR) is 103 cm³/mol. The van der Waals surface area contributed by atoms with Gasteiger partial charge in [-0.05, 0) is 36.2 Å². The summed E-state index contributed by atoms with van der Waals surface area (Å²) in [5.41, 5.74) is -0.414. The van der Waals surface area contributed by atoms with E-state index in [9.17, 15) is 62.7 Å². The summed E-state index contributed by atoms with van der Waals surface area (Å²) in [7, 11) is 0. The van der Waals surface area contributed by atoms with E-state index < -0.39 is 52.5 Å². The molecule has 0 aromatic carbocycles. The summed E-state index contributed by atoms with van der Waals surface area (Å²) < 4.78 is 161. The number of nitriles is 1. The van der Waals surface area contributed by atoms with Crippen LogP contribution in [0.2, 0.25) is 0 Å². The van der Waals surface area contributed by atoms with Gasteiger partial charge in [-0.15, -0.1) is 11.3 Å². The number of hydrogen-bond acceptors (Lipinski definition) is 3. The van der Waals surface area contributed by atoms with E-state index in [4.69, 9.17) is 0 Å². The summed E-state index contributed by atoms with van der Waals surface area (Å²) in [6.07, 6.45) is -4.62. The molecule has 1 heterocycles. The minimum absolute atomic E-state index is 0.0157. The highest BCUT2D eigenvalue weighted by Crippen LogP contribution is 2.58. The maximum absolute atomic E-state index is 14.1. The van der Waals surface area contributed by atoms with Crippen molar-refractivity contribution in [2.45, 2.75) is 76.1 Å². The fourth-order valence-electron chi connectivity index (χ4n) is 3.60. The van der Waals surface area contributed by atoms with Crippen molar-refractivity contribution in [3.63, 3.8) is 0 Å². The molecule has 1 aromatic rings. The van der Waals surface area contributed by atoms with Crippen molar-refractivity contribution >= 4 is 22.2 Å². The van der Waals surface area contributed by atoms with Crippen LogP contribution in [0.1, 0.15) is 43.2 Å². The van der Waals surface area contributed by atoms with Crippen LogP contribution < -0.4 is 5.32 Å². The lowest BCUT2D eigenvalue weighted by Crippen LogP contribution is -2.70. The van der Waals surface area contributed by atoms with Gasteiger partial charge in [-0.2, -0.15) is 49.2 Å². The Morgan fingerprint density at radius 2 is 1.50 bits per heavy atom. The zero-order valence-electron chi connectivity index (χ0n) is 18.6. The van der Waals surface area contributed by atoms with Gasteiger partial charge < -0.3 is 5.32 Å². The zero-order chi connectivity index (χ0) is 28.3. The third kappa shape index (κ3) is 4.41. The van der Waals surface area contributed by atoms with Gasteiger partial charge in [0.15, 0.2) is 0 Å². The van der Waals surface area contributed by atoms with E-state index >= 15 is 0 Å². The topological polar surface area (TPSA) is 52.9 Å². The van der Waals surface area contributed by atoms with Crippen LogP contribution in [0.5, 0.6) is 0 Å². The van der Waals surface area contributed by atoms with Crippen LogP contribution in [-0.4, -0.2) is 41.9 Å². The van der Waals surface area contributed by atoms with Gasteiger partial charge in [-0.25, -0.2) is 8.78 Å². The Morgan fingerprint density at radius 1 is 0.972 bits per heavy atom. The molecule has 1 atom stereocenters. The minimum Gasteiger partial charge on any atom is -0.311 e. The second-order valence-corrected chi connectivity index (χ2v) is 10.4. The molecule has 0 radical (unpaired) electrons. The smallest absolute Gasteiger partial charge is 0.311 e. The number of nitrogens with one attached hydrogen (secondary N) is 1. The summed E-state index contributed by atoms with van der Waals surface area (Å²) in [5.74, 6) is -40.3. The molecule has 0 fully saturated rings. The molecule has 3 nitrogen and oxygen atoms in total. The maximum atomic E-state index is 14.1. The van der Waals surface area contributed by atoms with Crippen LogP contribution in [-0.2, 0) is 17.6 Å². The third-order valence-corrected chi connectivity index (χ3v) is 7.16. The van der Waals surface area contributed by atoms with Crippen molar-refractivity contribution in [3.8, 4) is 6.07 Å². The molecule has 16 heteroatoms. The molecule has 0 aliphatic heterocycles. The van der Waals surface area contributed by atoms with E-state index in [-0.39, 0.29) is 29.7 Å². The molecule has 1 amide bonds. The van der Waals surface area contributed by atoms with E-state index in [1.807, 2.05) is 20.8 Å². The third-order valence-electron chi connectivity index (χ3n) is 5.99. The van der Waals surface area contributed by atoms with Crippen LogP contribution in [0, 0.1) is 22.7 Å². The van der Waals surface area contributed by atoms with Crippen molar-refractivity contribution in [2.75, 3.05) is 5.32 Å². The zero-order valence-corrected chi connectivity index (χ0v) is 19.4. The number of hydrogen-bond donors (Lipinski definition) is 1. The number of carbonyl (C=O) groups excluding carboxylic acids is 1. The van der Waals surface area contributed by atoms with E-state index in [0.717, 1.165) is 5.32 Å². The van der Waals surface area contributed by atoms with Crippen LogP contribution in [0.15, 0.2) is 0 Å². The van der Waals surface area contributed by atoms with E-state index in [1.165, 1.54) is 0 Å². The summed E-state index contributed by atoms with van der Waals surface area (Å²) in [4.78, 5) is 12.3. The van der Waals surface area contributed by atoms with Gasteiger partial charge in [0.05, 0.1) is 5.56 Å². The second-order valence-electron chi connectivity index (χ2n) is 9.30. The van der Waals surface area contributed by atoms with Crippen LogP contribution in [0.3, 0.4) is 0 Å². The van der Waals surface area contributed by atoms with Crippen LogP contribution >= 0.6 is 11.3 Å². The average molecular weight is 562 g/mol. The van der Waals surface area contributed by atoms with Gasteiger partial charge in [0.25, 0.3) is 0 Å². The van der Waals surface area contributed by atoms with Gasteiger partial charge in [0.2, 0.25) is 0 Å². The number of fused-ring (bicyclic) bond motifs is 1. The van der Waals surface area contributed by atoms with E-state index in [0.29, 0.717) is 22.6 Å². The first kappa shape index (κ1) is 30.0. The minimum atomic E-state index is -7.81. The Balaban J connectivity index is 2.44. The number of nitrogens with zero attached hydrogens (tertiary/aromatic N) is 1. The number of anilines is 1. The summed E-state index contributed by atoms with van der Waals surface area (Å²) in [6.45, 7) is 5.67. The lowest BCUT2D eigenvalue weighted by Gasteiger charge is -2.38. The van der Waals surface area contributed by atoms with Crippen LogP contribution in [0.4, 0.5) is 57.7 Å². The highest BCUT2D eigenvalue weighted by atomic mass is 32.1. The molecule has 1 aliphatic carbocycles. The molecule has 1 unspecified atom stereocenters. The number of amides is 1. The molecule has 36 heavy (non-hydrogen) atoms. The number of halogens is 12. The molecule has 0 saturated heterocycles. The summed E-state index contributed by atoms with van der Waals surface area (Å²) in [6, 6.07) is 1.55. The van der Waals surface area contributed by atoms with Crippen molar-refractivity contribution < 1.29 is 57.5 Å². The standard InChI is InChI=1S/C20H18F12N2OS/c1-15(2,3)8-4-5-9-10(7-33)12(36-11(9)6-8)34-14(35)17(25,26)19(29,30)20(31,32)18(27,28)16(23,24)13(21)22/h8,13H,4-6H2,1-3H3,(H,34,35). The first-order chi connectivity index (χ1) is 16.0. The molecule has 1 aliphatic rings.